The lowest BCUT2D eigenvalue weighted by Gasteiger charge is -2.24. The Balaban J connectivity index is 0.00000210. The summed E-state index contributed by atoms with van der Waals surface area (Å²) in [6, 6.07) is 1.28. The molecule has 2 aliphatic rings. The highest BCUT2D eigenvalue weighted by atomic mass is 35.5. The second-order valence-electron chi connectivity index (χ2n) is 7.64. The third kappa shape index (κ3) is 3.00. The number of hydrogen-bond acceptors (Lipinski definition) is 5. The van der Waals surface area contributed by atoms with Crippen LogP contribution in [0, 0.1) is 18.7 Å². The summed E-state index contributed by atoms with van der Waals surface area (Å²) < 4.78 is 17.1. The second kappa shape index (κ2) is 6.83. The molecule has 7 nitrogen and oxygen atoms in total. The van der Waals surface area contributed by atoms with Crippen LogP contribution in [0.25, 0.3) is 10.9 Å². The molecule has 0 spiro atoms. The number of nitrogens with zero attached hydrogens (tertiary/aromatic N) is 3. The summed E-state index contributed by atoms with van der Waals surface area (Å²) in [7, 11) is 0. The highest BCUT2D eigenvalue weighted by Gasteiger charge is 2.32. The van der Waals surface area contributed by atoms with Crippen molar-refractivity contribution in [2.45, 2.75) is 45.2 Å². The predicted octanol–water partition coefficient (Wildman–Crippen LogP) is 1.25. The number of nitrogen functional groups attached to an aromatic ring is 1. The van der Waals surface area contributed by atoms with E-state index in [0.29, 0.717) is 40.5 Å². The van der Waals surface area contributed by atoms with Crippen molar-refractivity contribution in [2.75, 3.05) is 23.8 Å². The van der Waals surface area contributed by atoms with Gasteiger partial charge in [-0.2, -0.15) is 4.68 Å². The monoisotopic (exact) mass is 397 g/mol. The van der Waals surface area contributed by atoms with E-state index < -0.39 is 17.1 Å². The van der Waals surface area contributed by atoms with Gasteiger partial charge in [-0.15, -0.1) is 12.4 Å². The molecule has 1 aromatic heterocycles. The largest absolute Gasteiger partial charge is 0.369 e. The lowest BCUT2D eigenvalue weighted by atomic mass is 10.0. The van der Waals surface area contributed by atoms with Crippen LogP contribution in [0.1, 0.15) is 37.8 Å². The van der Waals surface area contributed by atoms with Gasteiger partial charge < -0.3 is 16.5 Å². The summed E-state index contributed by atoms with van der Waals surface area (Å²) >= 11 is 0. The predicted molar refractivity (Wildman–Crippen MR) is 107 cm³/mol. The number of aryl methyl sites for hydroxylation is 1. The Morgan fingerprint density at radius 1 is 1.26 bits per heavy atom. The Hall–Kier alpha value is -2.06. The van der Waals surface area contributed by atoms with E-state index in [1.807, 2.05) is 11.8 Å². The molecular weight excluding hydrogens is 373 g/mol. The van der Waals surface area contributed by atoms with Crippen molar-refractivity contribution >= 4 is 29.0 Å². The summed E-state index contributed by atoms with van der Waals surface area (Å²) in [6.07, 6.45) is 2.61. The third-order valence-electron chi connectivity index (χ3n) is 5.76. The van der Waals surface area contributed by atoms with E-state index in [1.54, 1.807) is 11.5 Å². The molecule has 1 aliphatic carbocycles. The van der Waals surface area contributed by atoms with Crippen LogP contribution < -0.4 is 27.7 Å². The topological polar surface area (TPSA) is 99.3 Å². The van der Waals surface area contributed by atoms with E-state index >= 15 is 0 Å². The van der Waals surface area contributed by atoms with E-state index in [-0.39, 0.29) is 29.9 Å². The Morgan fingerprint density at radius 3 is 2.48 bits per heavy atom. The molecule has 2 aromatic rings. The molecule has 1 aliphatic heterocycles. The molecule has 4 rings (SSSR count). The number of nitrogens with two attached hydrogens (primary N) is 2. The van der Waals surface area contributed by atoms with Gasteiger partial charge in [0.25, 0.3) is 5.56 Å². The van der Waals surface area contributed by atoms with Crippen molar-refractivity contribution in [3.63, 3.8) is 0 Å². The zero-order chi connectivity index (χ0) is 18.7. The number of aromatic nitrogens is 2. The smallest absolute Gasteiger partial charge is 0.350 e. The van der Waals surface area contributed by atoms with Crippen molar-refractivity contribution in [3.05, 3.63) is 38.3 Å². The molecule has 1 saturated heterocycles. The summed E-state index contributed by atoms with van der Waals surface area (Å²) in [6.45, 7) is 5.12. The first-order valence-corrected chi connectivity index (χ1v) is 9.07. The van der Waals surface area contributed by atoms with Crippen LogP contribution in [0.5, 0.6) is 0 Å². The highest BCUT2D eigenvalue weighted by Crippen LogP contribution is 2.39. The van der Waals surface area contributed by atoms with Gasteiger partial charge in [0, 0.05) is 30.7 Å². The summed E-state index contributed by atoms with van der Waals surface area (Å²) in [4.78, 5) is 27.0. The molecule has 148 valence electrons. The van der Waals surface area contributed by atoms with Crippen LogP contribution in [-0.2, 0) is 0 Å². The zero-order valence-electron chi connectivity index (χ0n) is 15.4. The van der Waals surface area contributed by atoms with Crippen LogP contribution >= 0.6 is 12.4 Å². The average Bonchev–Trinajstić information content (AvgIpc) is 3.30. The first kappa shape index (κ1) is 19.7. The maximum Gasteiger partial charge on any atom is 0.350 e. The van der Waals surface area contributed by atoms with Crippen LogP contribution in [-0.4, -0.2) is 28.4 Å². The minimum Gasteiger partial charge on any atom is -0.369 e. The molecule has 1 unspecified atom stereocenters. The van der Waals surface area contributed by atoms with Gasteiger partial charge in [-0.25, -0.2) is 9.18 Å². The molecule has 27 heavy (non-hydrogen) atoms. The van der Waals surface area contributed by atoms with Crippen molar-refractivity contribution in [1.29, 1.82) is 0 Å². The van der Waals surface area contributed by atoms with Gasteiger partial charge in [-0.1, -0.05) is 0 Å². The normalized spacial score (nSPS) is 20.7. The first-order chi connectivity index (χ1) is 12.3. The Labute approximate surface area is 162 Å². The van der Waals surface area contributed by atoms with Crippen LogP contribution in [0.4, 0.5) is 10.1 Å². The van der Waals surface area contributed by atoms with Crippen LogP contribution in [0.15, 0.2) is 15.7 Å². The van der Waals surface area contributed by atoms with E-state index in [4.69, 9.17) is 11.6 Å². The lowest BCUT2D eigenvalue weighted by molar-refractivity contribution is 0.487. The second-order valence-corrected chi connectivity index (χ2v) is 7.64. The fourth-order valence-electron chi connectivity index (χ4n) is 4.14. The fraction of sp³-hybridized carbons (Fsp3) is 0.556. The Bertz CT molecular complexity index is 1010. The van der Waals surface area contributed by atoms with Gasteiger partial charge in [-0.3, -0.25) is 9.36 Å². The zero-order valence-corrected chi connectivity index (χ0v) is 16.3. The summed E-state index contributed by atoms with van der Waals surface area (Å²) in [5.74, 6) is 5.49. The minimum atomic E-state index is -0.662. The molecule has 1 aromatic carbocycles. The highest BCUT2D eigenvalue weighted by molar-refractivity contribution is 5.87. The van der Waals surface area contributed by atoms with E-state index in [2.05, 4.69) is 0 Å². The summed E-state index contributed by atoms with van der Waals surface area (Å²) in [5, 5.41) is 0.153. The van der Waals surface area contributed by atoms with Gasteiger partial charge in [0.1, 0.15) is 5.82 Å². The van der Waals surface area contributed by atoms with Crippen LogP contribution in [0.2, 0.25) is 0 Å². The fourth-order valence-corrected chi connectivity index (χ4v) is 4.14. The molecule has 0 bridgehead atoms. The number of benzene rings is 1. The maximum absolute atomic E-state index is 15.0. The SMILES string of the molecule is Cc1c(N2CCC([C@H](C)N)C2)c(F)cc2c(=O)n(N)c(=O)n(C3CC3)c12.Cl. The maximum atomic E-state index is 15.0. The Kier molecular flexibility index (Phi) is 4.98. The van der Waals surface area contributed by atoms with E-state index in [0.717, 1.165) is 19.3 Å². The number of anilines is 1. The molecule has 4 N–H and O–H groups in total. The van der Waals surface area contributed by atoms with Gasteiger partial charge >= 0.3 is 5.69 Å². The quantitative estimate of drug-likeness (QED) is 0.759. The lowest BCUT2D eigenvalue weighted by Crippen LogP contribution is -2.44. The Morgan fingerprint density at radius 2 is 1.93 bits per heavy atom. The van der Waals surface area contributed by atoms with Crippen LogP contribution in [0.3, 0.4) is 0 Å². The molecule has 9 heteroatoms. The molecule has 1 saturated carbocycles. The summed E-state index contributed by atoms with van der Waals surface area (Å²) in [5.41, 5.74) is 6.39. The molecular formula is C18H25ClFN5O2. The number of halogens is 2. The molecule has 0 amide bonds. The van der Waals surface area contributed by atoms with Gasteiger partial charge in [0.15, 0.2) is 0 Å². The number of rotatable bonds is 3. The molecule has 2 fully saturated rings. The third-order valence-corrected chi connectivity index (χ3v) is 5.76. The van der Waals surface area contributed by atoms with Crippen molar-refractivity contribution in [1.82, 2.24) is 9.24 Å². The molecule has 2 heterocycles. The van der Waals surface area contributed by atoms with Gasteiger partial charge in [0.05, 0.1) is 16.6 Å². The number of hydrogen-bond donors (Lipinski definition) is 2. The minimum absolute atomic E-state index is 0. The average molecular weight is 398 g/mol. The standard InChI is InChI=1S/C18H24FN5O2.ClH/c1-9-15-13(17(25)24(21)18(26)23(15)12-3-4-12)7-14(19)16(9)22-6-5-11(8-22)10(2)20;/h7,10-12H,3-6,8,20-21H2,1-2H3;1H/t10-,11?;/m0./s1. The van der Waals surface area contributed by atoms with Crippen molar-refractivity contribution < 1.29 is 4.39 Å². The van der Waals surface area contributed by atoms with Crippen molar-refractivity contribution in [3.8, 4) is 0 Å². The van der Waals surface area contributed by atoms with Gasteiger partial charge in [-0.05, 0) is 45.1 Å². The van der Waals surface area contributed by atoms with E-state index in [9.17, 15) is 14.0 Å². The van der Waals surface area contributed by atoms with E-state index in [1.165, 1.54) is 6.07 Å². The molecule has 0 radical (unpaired) electrons. The molecule has 2 atom stereocenters. The van der Waals surface area contributed by atoms with Gasteiger partial charge in [0.2, 0.25) is 0 Å². The first-order valence-electron chi connectivity index (χ1n) is 9.07. The number of fused-ring (bicyclic) bond motifs is 1. The van der Waals surface area contributed by atoms with Crippen molar-refractivity contribution in [2.24, 2.45) is 11.7 Å².